The van der Waals surface area contributed by atoms with Crippen molar-refractivity contribution in [3.05, 3.63) is 29.6 Å². The van der Waals surface area contributed by atoms with E-state index in [-0.39, 0.29) is 5.75 Å². The van der Waals surface area contributed by atoms with Crippen molar-refractivity contribution >= 4 is 0 Å². The number of nitrogens with one attached hydrogen (secondary N) is 1. The first-order valence-corrected chi connectivity index (χ1v) is 5.17. The Labute approximate surface area is 88.5 Å². The Morgan fingerprint density at radius 1 is 1.33 bits per heavy atom. The van der Waals surface area contributed by atoms with Crippen molar-refractivity contribution in [1.82, 2.24) is 10.2 Å². The average molecular weight is 210 g/mol. The number of benzene rings is 1. The van der Waals surface area contributed by atoms with Gasteiger partial charge >= 0.3 is 0 Å². The van der Waals surface area contributed by atoms with Crippen LogP contribution in [0.2, 0.25) is 0 Å². The predicted molar refractivity (Wildman–Crippen MR) is 56.2 cm³/mol. The highest BCUT2D eigenvalue weighted by Gasteiger charge is 2.13. The molecule has 1 aliphatic heterocycles. The smallest absolute Gasteiger partial charge is 0.165 e. The van der Waals surface area contributed by atoms with E-state index in [9.17, 15) is 9.50 Å². The second-order valence-corrected chi connectivity index (χ2v) is 3.77. The second-order valence-electron chi connectivity index (χ2n) is 3.77. The van der Waals surface area contributed by atoms with E-state index in [0.717, 1.165) is 26.2 Å². The summed E-state index contributed by atoms with van der Waals surface area (Å²) in [7, 11) is 0. The van der Waals surface area contributed by atoms with Crippen LogP contribution < -0.4 is 5.32 Å². The van der Waals surface area contributed by atoms with E-state index < -0.39 is 5.82 Å². The average Bonchev–Trinajstić information content (AvgIpc) is 2.26. The number of aromatic hydroxyl groups is 1. The third-order valence-corrected chi connectivity index (χ3v) is 2.67. The molecular formula is C11H15FN2O. The SMILES string of the molecule is Oc1c(F)cccc1CN1CCNCC1. The summed E-state index contributed by atoms with van der Waals surface area (Å²) in [4.78, 5) is 2.20. The number of hydrogen-bond acceptors (Lipinski definition) is 3. The molecule has 3 nitrogen and oxygen atoms in total. The zero-order valence-corrected chi connectivity index (χ0v) is 8.54. The number of rotatable bonds is 2. The van der Waals surface area contributed by atoms with E-state index in [1.54, 1.807) is 12.1 Å². The van der Waals surface area contributed by atoms with Gasteiger partial charge in [-0.3, -0.25) is 4.90 Å². The van der Waals surface area contributed by atoms with Crippen LogP contribution in [-0.4, -0.2) is 36.2 Å². The lowest BCUT2D eigenvalue weighted by molar-refractivity contribution is 0.230. The molecule has 1 fully saturated rings. The third-order valence-electron chi connectivity index (χ3n) is 2.67. The van der Waals surface area contributed by atoms with Crippen LogP contribution in [0.1, 0.15) is 5.56 Å². The predicted octanol–water partition coefficient (Wildman–Crippen LogP) is 0.936. The fourth-order valence-corrected chi connectivity index (χ4v) is 1.80. The first-order chi connectivity index (χ1) is 7.27. The quantitative estimate of drug-likeness (QED) is 0.762. The van der Waals surface area contributed by atoms with E-state index in [2.05, 4.69) is 10.2 Å². The van der Waals surface area contributed by atoms with Gasteiger partial charge in [0.2, 0.25) is 0 Å². The van der Waals surface area contributed by atoms with E-state index in [0.29, 0.717) is 12.1 Å². The summed E-state index contributed by atoms with van der Waals surface area (Å²) in [6.07, 6.45) is 0. The number of para-hydroxylation sites is 1. The van der Waals surface area contributed by atoms with Crippen molar-refractivity contribution in [2.75, 3.05) is 26.2 Å². The van der Waals surface area contributed by atoms with E-state index >= 15 is 0 Å². The van der Waals surface area contributed by atoms with Crippen molar-refractivity contribution in [2.24, 2.45) is 0 Å². The maximum absolute atomic E-state index is 13.1. The highest BCUT2D eigenvalue weighted by molar-refractivity contribution is 5.33. The molecule has 2 N–H and O–H groups in total. The number of phenolic OH excluding ortho intramolecular Hbond substituents is 1. The summed E-state index contributed by atoms with van der Waals surface area (Å²) < 4.78 is 13.1. The van der Waals surface area contributed by atoms with Crippen LogP contribution in [-0.2, 0) is 6.54 Å². The molecule has 0 bridgehead atoms. The molecular weight excluding hydrogens is 195 g/mol. The van der Waals surface area contributed by atoms with Crippen LogP contribution in [0.15, 0.2) is 18.2 Å². The van der Waals surface area contributed by atoms with Crippen molar-refractivity contribution < 1.29 is 9.50 Å². The van der Waals surface area contributed by atoms with Crippen molar-refractivity contribution in [1.29, 1.82) is 0 Å². The van der Waals surface area contributed by atoms with Gasteiger partial charge in [0.25, 0.3) is 0 Å². The van der Waals surface area contributed by atoms with Crippen LogP contribution in [0.5, 0.6) is 5.75 Å². The largest absolute Gasteiger partial charge is 0.505 e. The third kappa shape index (κ3) is 2.46. The first-order valence-electron chi connectivity index (χ1n) is 5.17. The molecule has 1 aromatic rings. The van der Waals surface area contributed by atoms with Crippen LogP contribution in [0, 0.1) is 5.82 Å². The lowest BCUT2D eigenvalue weighted by atomic mass is 10.1. The lowest BCUT2D eigenvalue weighted by Crippen LogP contribution is -2.42. The highest BCUT2D eigenvalue weighted by Crippen LogP contribution is 2.22. The van der Waals surface area contributed by atoms with Gasteiger partial charge in [0.15, 0.2) is 11.6 Å². The number of nitrogens with zero attached hydrogens (tertiary/aromatic N) is 1. The second kappa shape index (κ2) is 4.59. The zero-order valence-electron chi connectivity index (χ0n) is 8.54. The molecule has 0 spiro atoms. The van der Waals surface area contributed by atoms with Gasteiger partial charge < -0.3 is 10.4 Å². The van der Waals surface area contributed by atoms with Gasteiger partial charge in [-0.2, -0.15) is 0 Å². The van der Waals surface area contributed by atoms with Gasteiger partial charge in [0, 0.05) is 38.3 Å². The van der Waals surface area contributed by atoms with Gasteiger partial charge in [-0.15, -0.1) is 0 Å². The normalized spacial score (nSPS) is 17.9. The molecule has 2 rings (SSSR count). The zero-order chi connectivity index (χ0) is 10.7. The van der Waals surface area contributed by atoms with Gasteiger partial charge in [0.05, 0.1) is 0 Å². The van der Waals surface area contributed by atoms with Gasteiger partial charge in [-0.1, -0.05) is 12.1 Å². The maximum atomic E-state index is 13.1. The Hall–Kier alpha value is -1.13. The summed E-state index contributed by atoms with van der Waals surface area (Å²) in [5, 5.41) is 12.8. The van der Waals surface area contributed by atoms with E-state index in [4.69, 9.17) is 0 Å². The number of hydrogen-bond donors (Lipinski definition) is 2. The Morgan fingerprint density at radius 2 is 2.07 bits per heavy atom. The molecule has 0 atom stereocenters. The highest BCUT2D eigenvalue weighted by atomic mass is 19.1. The maximum Gasteiger partial charge on any atom is 0.165 e. The van der Waals surface area contributed by atoms with Crippen molar-refractivity contribution in [3.8, 4) is 5.75 Å². The standard InChI is InChI=1S/C11H15FN2O/c12-10-3-1-2-9(11(10)15)8-14-6-4-13-5-7-14/h1-3,13,15H,4-8H2. The summed E-state index contributed by atoms with van der Waals surface area (Å²) in [6.45, 7) is 4.41. The lowest BCUT2D eigenvalue weighted by Gasteiger charge is -2.27. The molecule has 1 saturated heterocycles. The van der Waals surface area contributed by atoms with Crippen LogP contribution >= 0.6 is 0 Å². The molecule has 1 aromatic carbocycles. The minimum Gasteiger partial charge on any atom is -0.505 e. The molecule has 0 aliphatic carbocycles. The molecule has 0 radical (unpaired) electrons. The Kier molecular flexibility index (Phi) is 3.18. The topological polar surface area (TPSA) is 35.5 Å². The molecule has 0 aromatic heterocycles. The molecule has 0 saturated carbocycles. The summed E-state index contributed by atoms with van der Waals surface area (Å²) in [5.74, 6) is -0.751. The minimum atomic E-state index is -0.539. The number of halogens is 1. The fraction of sp³-hybridized carbons (Fsp3) is 0.455. The summed E-state index contributed by atoms with van der Waals surface area (Å²) in [5.41, 5.74) is 0.664. The van der Waals surface area contributed by atoms with Crippen molar-refractivity contribution in [3.63, 3.8) is 0 Å². The minimum absolute atomic E-state index is 0.212. The molecule has 1 heterocycles. The molecule has 82 valence electrons. The van der Waals surface area contributed by atoms with Gasteiger partial charge in [-0.05, 0) is 6.07 Å². The van der Waals surface area contributed by atoms with E-state index in [1.165, 1.54) is 6.07 Å². The van der Waals surface area contributed by atoms with Crippen LogP contribution in [0.3, 0.4) is 0 Å². The number of piperazine rings is 1. The van der Waals surface area contributed by atoms with Crippen LogP contribution in [0.4, 0.5) is 4.39 Å². The van der Waals surface area contributed by atoms with Gasteiger partial charge in [-0.25, -0.2) is 4.39 Å². The molecule has 4 heteroatoms. The molecule has 0 unspecified atom stereocenters. The molecule has 0 amide bonds. The summed E-state index contributed by atoms with van der Waals surface area (Å²) in [6, 6.07) is 4.67. The molecule has 15 heavy (non-hydrogen) atoms. The fourth-order valence-electron chi connectivity index (χ4n) is 1.80. The van der Waals surface area contributed by atoms with Crippen LogP contribution in [0.25, 0.3) is 0 Å². The Balaban J connectivity index is 2.06. The Morgan fingerprint density at radius 3 is 2.80 bits per heavy atom. The van der Waals surface area contributed by atoms with Gasteiger partial charge in [0.1, 0.15) is 0 Å². The molecule has 1 aliphatic rings. The number of phenols is 1. The Bertz CT molecular complexity index is 337. The monoisotopic (exact) mass is 210 g/mol. The first kappa shape index (κ1) is 10.4. The summed E-state index contributed by atoms with van der Waals surface area (Å²) >= 11 is 0. The van der Waals surface area contributed by atoms with Crippen molar-refractivity contribution in [2.45, 2.75) is 6.54 Å². The van der Waals surface area contributed by atoms with E-state index in [1.807, 2.05) is 0 Å².